The van der Waals surface area contributed by atoms with Gasteiger partial charge in [0.2, 0.25) is 5.78 Å². The average Bonchev–Trinajstić information content (AvgIpc) is 2.79. The zero-order valence-electron chi connectivity index (χ0n) is 20.5. The first-order chi connectivity index (χ1) is 15.8. The van der Waals surface area contributed by atoms with Crippen molar-refractivity contribution < 1.29 is 24.2 Å². The van der Waals surface area contributed by atoms with Gasteiger partial charge in [-0.2, -0.15) is 0 Å². The molecule has 0 saturated carbocycles. The van der Waals surface area contributed by atoms with Gasteiger partial charge in [0.15, 0.2) is 0 Å². The molecule has 3 N–H and O–H groups in total. The molecule has 0 aliphatic heterocycles. The third kappa shape index (κ3) is 13.8. The highest BCUT2D eigenvalue weighted by atomic mass is 16.6. The molecule has 0 heterocycles. The third-order valence-electron chi connectivity index (χ3n) is 5.85. The van der Waals surface area contributed by atoms with Crippen molar-refractivity contribution in [2.75, 3.05) is 0 Å². The molecule has 0 amide bonds. The van der Waals surface area contributed by atoms with Crippen molar-refractivity contribution in [3.05, 3.63) is 35.9 Å². The molecule has 0 aliphatic rings. The minimum absolute atomic E-state index is 0.00380. The number of unbranched alkanes of at least 4 members (excludes halogenated alkanes) is 8. The number of nitrogens with two attached hydrogens (primary N) is 1. The Labute approximate surface area is 199 Å². The van der Waals surface area contributed by atoms with Crippen LogP contribution in [0.4, 0.5) is 0 Å². The molecule has 0 radical (unpaired) electrons. The van der Waals surface area contributed by atoms with E-state index in [0.717, 1.165) is 25.2 Å². The summed E-state index contributed by atoms with van der Waals surface area (Å²) in [5.74, 6) is -2.11. The largest absolute Gasteiger partial charge is 0.478 e. The zero-order valence-corrected chi connectivity index (χ0v) is 20.5. The van der Waals surface area contributed by atoms with Crippen molar-refractivity contribution in [1.82, 2.24) is 0 Å². The maximum Gasteiger partial charge on any atom is 0.353 e. The van der Waals surface area contributed by atoms with Gasteiger partial charge < -0.3 is 15.6 Å². The summed E-state index contributed by atoms with van der Waals surface area (Å²) in [5, 5.41) is 9.29. The van der Waals surface area contributed by atoms with Crippen LogP contribution in [0.15, 0.2) is 30.3 Å². The molecule has 1 aromatic rings. The lowest BCUT2D eigenvalue weighted by atomic mass is 10.0. The number of carboxylic acids is 1. The fourth-order valence-electron chi connectivity index (χ4n) is 3.80. The Bertz CT molecular complexity index is 689. The standard InChI is InChI=1S/C27H43NO5/c1-21(2)15-11-8-6-4-3-5-7-9-14-18-23(28)19-20-24(29)33-26(27(31)32)25(30)22-16-12-10-13-17-22/h10,12-13,16-17,21,23,26H,3-9,11,14-15,18-20,28H2,1-2H3,(H,31,32). The molecule has 0 aromatic heterocycles. The number of hydrogen-bond donors (Lipinski definition) is 2. The first-order valence-electron chi connectivity index (χ1n) is 12.6. The van der Waals surface area contributed by atoms with E-state index in [0.29, 0.717) is 6.42 Å². The normalized spacial score (nSPS) is 13.0. The second-order valence-corrected chi connectivity index (χ2v) is 9.39. The predicted octanol–water partition coefficient (Wildman–Crippen LogP) is 5.92. The number of carbonyl (C=O) groups is 3. The first kappa shape index (κ1) is 28.8. The van der Waals surface area contributed by atoms with Crippen LogP contribution in [0.2, 0.25) is 0 Å². The predicted molar refractivity (Wildman–Crippen MR) is 131 cm³/mol. The summed E-state index contributed by atoms with van der Waals surface area (Å²) in [6.07, 6.45) is 12.1. The van der Waals surface area contributed by atoms with Crippen molar-refractivity contribution in [1.29, 1.82) is 0 Å². The van der Waals surface area contributed by atoms with Crippen molar-refractivity contribution in [2.24, 2.45) is 11.7 Å². The monoisotopic (exact) mass is 461 g/mol. The van der Waals surface area contributed by atoms with Crippen LogP contribution < -0.4 is 5.73 Å². The number of aliphatic carboxylic acids is 1. The van der Waals surface area contributed by atoms with Crippen LogP contribution in [0.3, 0.4) is 0 Å². The highest BCUT2D eigenvalue weighted by molar-refractivity contribution is 6.11. The van der Waals surface area contributed by atoms with Crippen molar-refractivity contribution >= 4 is 17.7 Å². The van der Waals surface area contributed by atoms with E-state index in [4.69, 9.17) is 10.5 Å². The lowest BCUT2D eigenvalue weighted by Gasteiger charge is -2.14. The van der Waals surface area contributed by atoms with Crippen LogP contribution >= 0.6 is 0 Å². The molecule has 0 bridgehead atoms. The number of benzene rings is 1. The second-order valence-electron chi connectivity index (χ2n) is 9.39. The summed E-state index contributed by atoms with van der Waals surface area (Å²) < 4.78 is 4.95. The van der Waals surface area contributed by atoms with E-state index in [1.165, 1.54) is 63.5 Å². The summed E-state index contributed by atoms with van der Waals surface area (Å²) in [6.45, 7) is 4.56. The molecule has 0 saturated heterocycles. The molecular weight excluding hydrogens is 418 g/mol. The number of carboxylic acid groups (broad SMARTS) is 1. The topological polar surface area (TPSA) is 107 Å². The van der Waals surface area contributed by atoms with E-state index in [2.05, 4.69) is 13.8 Å². The summed E-state index contributed by atoms with van der Waals surface area (Å²) in [4.78, 5) is 35.8. The van der Waals surface area contributed by atoms with E-state index in [1.807, 2.05) is 0 Å². The molecule has 1 aromatic carbocycles. The molecule has 6 nitrogen and oxygen atoms in total. The van der Waals surface area contributed by atoms with E-state index < -0.39 is 23.8 Å². The van der Waals surface area contributed by atoms with Crippen LogP contribution in [0.1, 0.15) is 108 Å². The summed E-state index contributed by atoms with van der Waals surface area (Å²) in [6, 6.07) is 7.83. The van der Waals surface area contributed by atoms with Crippen molar-refractivity contribution in [2.45, 2.75) is 109 Å². The highest BCUT2D eigenvalue weighted by Crippen LogP contribution is 2.15. The van der Waals surface area contributed by atoms with Crippen LogP contribution in [0, 0.1) is 5.92 Å². The van der Waals surface area contributed by atoms with Gasteiger partial charge in [-0.25, -0.2) is 4.79 Å². The molecule has 1 rings (SSSR count). The van der Waals surface area contributed by atoms with Gasteiger partial charge in [-0.05, 0) is 18.8 Å². The van der Waals surface area contributed by atoms with Gasteiger partial charge in [-0.15, -0.1) is 0 Å². The minimum atomic E-state index is -1.83. The maximum atomic E-state index is 12.3. The second kappa shape index (κ2) is 17.3. The smallest absolute Gasteiger partial charge is 0.353 e. The lowest BCUT2D eigenvalue weighted by Crippen LogP contribution is -2.35. The fraction of sp³-hybridized carbons (Fsp3) is 0.667. The molecular formula is C27H43NO5. The molecule has 0 aliphatic carbocycles. The van der Waals surface area contributed by atoms with E-state index in [-0.39, 0.29) is 18.0 Å². The van der Waals surface area contributed by atoms with Gasteiger partial charge in [0.1, 0.15) is 0 Å². The summed E-state index contributed by atoms with van der Waals surface area (Å²) in [5.41, 5.74) is 6.30. The summed E-state index contributed by atoms with van der Waals surface area (Å²) >= 11 is 0. The molecule has 0 fully saturated rings. The zero-order chi connectivity index (χ0) is 24.5. The van der Waals surface area contributed by atoms with Gasteiger partial charge in [-0.1, -0.05) is 108 Å². The lowest BCUT2D eigenvalue weighted by molar-refractivity contribution is -0.160. The molecule has 0 spiro atoms. The van der Waals surface area contributed by atoms with E-state index in [9.17, 15) is 19.5 Å². The minimum Gasteiger partial charge on any atom is -0.478 e. The van der Waals surface area contributed by atoms with Gasteiger partial charge in [0, 0.05) is 18.0 Å². The van der Waals surface area contributed by atoms with Crippen LogP contribution in [0.25, 0.3) is 0 Å². The number of hydrogen-bond acceptors (Lipinski definition) is 5. The van der Waals surface area contributed by atoms with Gasteiger partial charge in [0.25, 0.3) is 6.10 Å². The summed E-state index contributed by atoms with van der Waals surface area (Å²) in [7, 11) is 0. The quantitative estimate of drug-likeness (QED) is 0.115. The maximum absolute atomic E-state index is 12.3. The highest BCUT2D eigenvalue weighted by Gasteiger charge is 2.31. The molecule has 186 valence electrons. The molecule has 33 heavy (non-hydrogen) atoms. The first-order valence-corrected chi connectivity index (χ1v) is 12.6. The molecule has 6 heteroatoms. The molecule has 2 unspecified atom stereocenters. The molecule has 2 atom stereocenters. The Kier molecular flexibility index (Phi) is 15.1. The van der Waals surface area contributed by atoms with Crippen molar-refractivity contribution in [3.8, 4) is 0 Å². The van der Waals surface area contributed by atoms with E-state index >= 15 is 0 Å². The van der Waals surface area contributed by atoms with Gasteiger partial charge in [0.05, 0.1) is 0 Å². The Balaban J connectivity index is 2.12. The van der Waals surface area contributed by atoms with Crippen LogP contribution in [-0.2, 0) is 14.3 Å². The number of esters is 1. The van der Waals surface area contributed by atoms with Crippen molar-refractivity contribution in [3.63, 3.8) is 0 Å². The Morgan fingerprint density at radius 3 is 1.85 bits per heavy atom. The Morgan fingerprint density at radius 2 is 1.33 bits per heavy atom. The number of rotatable bonds is 19. The third-order valence-corrected chi connectivity index (χ3v) is 5.85. The number of carbonyl (C=O) groups excluding carboxylic acids is 2. The Morgan fingerprint density at radius 1 is 0.818 bits per heavy atom. The van der Waals surface area contributed by atoms with E-state index in [1.54, 1.807) is 18.2 Å². The number of Topliss-reactive ketones (excluding diaryl/α,β-unsaturated/α-hetero) is 1. The van der Waals surface area contributed by atoms with Crippen LogP contribution in [0.5, 0.6) is 0 Å². The SMILES string of the molecule is CC(C)CCCCCCCCCCCC(N)CCC(=O)OC(C(=O)O)C(=O)c1ccccc1. The Hall–Kier alpha value is -2.21. The number of ketones is 1. The van der Waals surface area contributed by atoms with Gasteiger partial charge in [-0.3, -0.25) is 9.59 Å². The number of ether oxygens (including phenoxy) is 1. The van der Waals surface area contributed by atoms with Gasteiger partial charge >= 0.3 is 11.9 Å². The fourth-order valence-corrected chi connectivity index (χ4v) is 3.80. The van der Waals surface area contributed by atoms with Crippen LogP contribution in [-0.4, -0.2) is 35.0 Å². The average molecular weight is 462 g/mol.